The van der Waals surface area contributed by atoms with E-state index in [2.05, 4.69) is 22.2 Å². The van der Waals surface area contributed by atoms with Gasteiger partial charge in [-0.2, -0.15) is 0 Å². The summed E-state index contributed by atoms with van der Waals surface area (Å²) in [7, 11) is 0. The summed E-state index contributed by atoms with van der Waals surface area (Å²) in [6, 6.07) is 2.16. The van der Waals surface area contributed by atoms with Crippen LogP contribution in [0.2, 0.25) is 0 Å². The number of hydrogen-bond donors (Lipinski definition) is 1. The normalized spacial score (nSPS) is 26.1. The maximum Gasteiger partial charge on any atom is 0.145 e. The van der Waals surface area contributed by atoms with Crippen LogP contribution < -0.4 is 5.32 Å². The molecule has 1 N–H and O–H groups in total. The van der Waals surface area contributed by atoms with Crippen LogP contribution in [-0.4, -0.2) is 28.7 Å². The smallest absolute Gasteiger partial charge is 0.145 e. The van der Waals surface area contributed by atoms with E-state index in [1.165, 1.54) is 19.3 Å². The van der Waals surface area contributed by atoms with Crippen molar-refractivity contribution in [2.45, 2.75) is 57.1 Å². The molecule has 1 saturated carbocycles. The molecule has 1 aliphatic carbocycles. The number of nitrogens with one attached hydrogen (secondary N) is 1. The van der Waals surface area contributed by atoms with E-state index in [1.807, 2.05) is 18.5 Å². The quantitative estimate of drug-likeness (QED) is 0.897. The van der Waals surface area contributed by atoms with Gasteiger partial charge in [-0.15, -0.1) is 0 Å². The second-order valence-electron chi connectivity index (χ2n) is 6.18. The van der Waals surface area contributed by atoms with Gasteiger partial charge in [-0.1, -0.05) is 6.92 Å². The van der Waals surface area contributed by atoms with Crippen molar-refractivity contribution in [2.75, 3.05) is 13.2 Å². The number of nitrogens with zero attached hydrogens (tertiary/aromatic N) is 2. The topological polar surface area (TPSA) is 47.0 Å². The Balaban J connectivity index is 1.74. The first kappa shape index (κ1) is 14.0. The van der Waals surface area contributed by atoms with Crippen LogP contribution in [0.15, 0.2) is 18.5 Å². The van der Waals surface area contributed by atoms with Crippen LogP contribution in [0.5, 0.6) is 0 Å². The predicted molar refractivity (Wildman–Crippen MR) is 78.3 cm³/mol. The zero-order valence-corrected chi connectivity index (χ0v) is 12.3. The SMILES string of the molecule is CCCNC(c1ncccn1)C1CCOC2(CCC2)C1. The van der Waals surface area contributed by atoms with Crippen LogP contribution in [-0.2, 0) is 4.74 Å². The minimum Gasteiger partial charge on any atom is -0.375 e. The summed E-state index contributed by atoms with van der Waals surface area (Å²) in [5.74, 6) is 1.54. The molecular formula is C16H25N3O. The monoisotopic (exact) mass is 275 g/mol. The van der Waals surface area contributed by atoms with Gasteiger partial charge in [0, 0.05) is 19.0 Å². The van der Waals surface area contributed by atoms with Gasteiger partial charge in [-0.25, -0.2) is 9.97 Å². The fourth-order valence-electron chi connectivity index (χ4n) is 3.51. The highest BCUT2D eigenvalue weighted by Gasteiger charge is 2.44. The lowest BCUT2D eigenvalue weighted by Gasteiger charge is -2.48. The first-order valence-corrected chi connectivity index (χ1v) is 7.97. The lowest BCUT2D eigenvalue weighted by atomic mass is 9.70. The van der Waals surface area contributed by atoms with E-state index in [4.69, 9.17) is 4.74 Å². The van der Waals surface area contributed by atoms with Crippen LogP contribution in [0.25, 0.3) is 0 Å². The van der Waals surface area contributed by atoms with Crippen molar-refractivity contribution in [1.82, 2.24) is 15.3 Å². The van der Waals surface area contributed by atoms with Gasteiger partial charge in [0.1, 0.15) is 5.82 Å². The molecule has 0 bridgehead atoms. The largest absolute Gasteiger partial charge is 0.375 e. The minimum absolute atomic E-state index is 0.184. The molecule has 4 heteroatoms. The van der Waals surface area contributed by atoms with Gasteiger partial charge in [0.25, 0.3) is 0 Å². The Labute approximate surface area is 121 Å². The molecule has 0 amide bonds. The summed E-state index contributed by atoms with van der Waals surface area (Å²) in [5.41, 5.74) is 0.184. The van der Waals surface area contributed by atoms with Crippen LogP contribution in [0.1, 0.15) is 57.3 Å². The van der Waals surface area contributed by atoms with E-state index in [0.717, 1.165) is 38.2 Å². The highest BCUT2D eigenvalue weighted by atomic mass is 16.5. The van der Waals surface area contributed by atoms with E-state index in [-0.39, 0.29) is 11.6 Å². The zero-order chi connectivity index (χ0) is 13.8. The maximum atomic E-state index is 6.05. The van der Waals surface area contributed by atoms with E-state index in [1.54, 1.807) is 0 Å². The molecule has 2 atom stereocenters. The summed E-state index contributed by atoms with van der Waals surface area (Å²) in [6.07, 6.45) is 10.9. The van der Waals surface area contributed by atoms with Crippen molar-refractivity contribution in [1.29, 1.82) is 0 Å². The maximum absolute atomic E-state index is 6.05. The number of aromatic nitrogens is 2. The molecule has 20 heavy (non-hydrogen) atoms. The third kappa shape index (κ3) is 2.86. The number of ether oxygens (including phenoxy) is 1. The molecule has 4 nitrogen and oxygen atoms in total. The third-order valence-electron chi connectivity index (χ3n) is 4.75. The Morgan fingerprint density at radius 3 is 2.85 bits per heavy atom. The summed E-state index contributed by atoms with van der Waals surface area (Å²) in [4.78, 5) is 8.97. The summed E-state index contributed by atoms with van der Waals surface area (Å²) < 4.78 is 6.05. The first-order valence-electron chi connectivity index (χ1n) is 7.97. The Morgan fingerprint density at radius 2 is 2.20 bits per heavy atom. The van der Waals surface area contributed by atoms with Gasteiger partial charge in [-0.3, -0.25) is 0 Å². The molecular weight excluding hydrogens is 250 g/mol. The molecule has 0 aromatic carbocycles. The Morgan fingerprint density at radius 1 is 1.40 bits per heavy atom. The fraction of sp³-hybridized carbons (Fsp3) is 0.750. The highest BCUT2D eigenvalue weighted by Crippen LogP contribution is 2.46. The third-order valence-corrected chi connectivity index (χ3v) is 4.75. The van der Waals surface area contributed by atoms with Gasteiger partial charge < -0.3 is 10.1 Å². The predicted octanol–water partition coefficient (Wildman–Crippen LogP) is 2.87. The van der Waals surface area contributed by atoms with Crippen molar-refractivity contribution in [3.05, 3.63) is 24.3 Å². The molecule has 1 aromatic heterocycles. The number of hydrogen-bond acceptors (Lipinski definition) is 4. The van der Waals surface area contributed by atoms with Crippen LogP contribution in [0, 0.1) is 5.92 Å². The van der Waals surface area contributed by atoms with Crippen molar-refractivity contribution in [2.24, 2.45) is 5.92 Å². The molecule has 1 aromatic rings. The first-order chi connectivity index (χ1) is 9.83. The molecule has 0 radical (unpaired) electrons. The molecule has 2 heterocycles. The van der Waals surface area contributed by atoms with Crippen molar-refractivity contribution in [3.63, 3.8) is 0 Å². The zero-order valence-electron chi connectivity index (χ0n) is 12.3. The van der Waals surface area contributed by atoms with Crippen LogP contribution >= 0.6 is 0 Å². The molecule has 2 aliphatic rings. The van der Waals surface area contributed by atoms with E-state index >= 15 is 0 Å². The Hall–Kier alpha value is -1.00. The number of rotatable bonds is 5. The van der Waals surface area contributed by atoms with E-state index in [9.17, 15) is 0 Å². The standard InChI is InChI=1S/C16H25N3O/c1-2-8-17-14(15-18-9-4-10-19-15)13-5-11-20-16(12-13)6-3-7-16/h4,9-10,13-14,17H,2-3,5-8,11-12H2,1H3. The highest BCUT2D eigenvalue weighted by molar-refractivity contribution is 5.03. The Bertz CT molecular complexity index is 419. The average Bonchev–Trinajstić information content (AvgIpc) is 2.47. The molecule has 1 saturated heterocycles. The molecule has 3 rings (SSSR count). The molecule has 2 fully saturated rings. The van der Waals surface area contributed by atoms with Gasteiger partial charge >= 0.3 is 0 Å². The minimum atomic E-state index is 0.184. The van der Waals surface area contributed by atoms with Gasteiger partial charge in [-0.05, 0) is 57.1 Å². The lowest BCUT2D eigenvalue weighted by molar-refractivity contribution is -0.147. The summed E-state index contributed by atoms with van der Waals surface area (Å²) >= 11 is 0. The molecule has 2 unspecified atom stereocenters. The average molecular weight is 275 g/mol. The van der Waals surface area contributed by atoms with Crippen molar-refractivity contribution >= 4 is 0 Å². The van der Waals surface area contributed by atoms with Crippen LogP contribution in [0.4, 0.5) is 0 Å². The van der Waals surface area contributed by atoms with Gasteiger partial charge in [0.2, 0.25) is 0 Å². The van der Waals surface area contributed by atoms with Crippen LogP contribution in [0.3, 0.4) is 0 Å². The van der Waals surface area contributed by atoms with Crippen molar-refractivity contribution in [3.8, 4) is 0 Å². The van der Waals surface area contributed by atoms with Gasteiger partial charge in [0.15, 0.2) is 0 Å². The summed E-state index contributed by atoms with van der Waals surface area (Å²) in [6.45, 7) is 4.11. The molecule has 1 aliphatic heterocycles. The van der Waals surface area contributed by atoms with Crippen molar-refractivity contribution < 1.29 is 4.74 Å². The second kappa shape index (κ2) is 6.19. The molecule has 110 valence electrons. The van der Waals surface area contributed by atoms with E-state index < -0.39 is 0 Å². The second-order valence-corrected chi connectivity index (χ2v) is 6.18. The summed E-state index contributed by atoms with van der Waals surface area (Å²) in [5, 5.41) is 3.66. The lowest BCUT2D eigenvalue weighted by Crippen LogP contribution is -2.48. The fourth-order valence-corrected chi connectivity index (χ4v) is 3.51. The molecule has 1 spiro atoms. The van der Waals surface area contributed by atoms with Gasteiger partial charge in [0.05, 0.1) is 11.6 Å². The Kier molecular flexibility index (Phi) is 4.32. The van der Waals surface area contributed by atoms with E-state index in [0.29, 0.717) is 5.92 Å².